The summed E-state index contributed by atoms with van der Waals surface area (Å²) in [4.78, 5) is 26.9. The van der Waals surface area contributed by atoms with Crippen LogP contribution in [-0.2, 0) is 10.2 Å². The molecule has 1 aliphatic heterocycles. The van der Waals surface area contributed by atoms with Crippen molar-refractivity contribution in [3.05, 3.63) is 94.8 Å². The van der Waals surface area contributed by atoms with Crippen LogP contribution in [0.5, 0.6) is 0 Å². The monoisotopic (exact) mass is 462 g/mol. The predicted molar refractivity (Wildman–Crippen MR) is 133 cm³/mol. The van der Waals surface area contributed by atoms with Crippen molar-refractivity contribution < 1.29 is 14.0 Å². The number of thioether (sulfide) groups is 1. The average molecular weight is 463 g/mol. The number of amides is 2. The summed E-state index contributed by atoms with van der Waals surface area (Å²) in [5.41, 5.74) is 4.36. The SMILES string of the molecule is Cc1ccc(F)c(N2C(=O)CS[C@@H]2c2cccc(NC(=O)c3ccc(C(C)(C)C)cc3)c2)c1. The fraction of sp³-hybridized carbons (Fsp3) is 0.259. The molecule has 1 heterocycles. The Hall–Kier alpha value is -3.12. The summed E-state index contributed by atoms with van der Waals surface area (Å²) in [5, 5.41) is 2.58. The van der Waals surface area contributed by atoms with Crippen LogP contribution in [0.15, 0.2) is 66.7 Å². The fourth-order valence-electron chi connectivity index (χ4n) is 3.83. The van der Waals surface area contributed by atoms with Gasteiger partial charge in [0.05, 0.1) is 11.4 Å². The first-order valence-corrected chi connectivity index (χ1v) is 11.9. The molecule has 1 fully saturated rings. The molecule has 3 aromatic carbocycles. The van der Waals surface area contributed by atoms with Crippen LogP contribution >= 0.6 is 11.8 Å². The lowest BCUT2D eigenvalue weighted by atomic mass is 9.87. The summed E-state index contributed by atoms with van der Waals surface area (Å²) in [6.07, 6.45) is 0. The lowest BCUT2D eigenvalue weighted by molar-refractivity contribution is -0.115. The minimum absolute atomic E-state index is 0.0162. The van der Waals surface area contributed by atoms with Gasteiger partial charge in [-0.25, -0.2) is 4.39 Å². The highest BCUT2D eigenvalue weighted by atomic mass is 32.2. The van der Waals surface area contributed by atoms with E-state index in [2.05, 4.69) is 26.1 Å². The molecule has 0 bridgehead atoms. The number of aryl methyl sites for hydroxylation is 1. The zero-order chi connectivity index (χ0) is 23.8. The van der Waals surface area contributed by atoms with Crippen molar-refractivity contribution in [3.63, 3.8) is 0 Å². The number of carbonyl (C=O) groups excluding carboxylic acids is 2. The van der Waals surface area contributed by atoms with E-state index in [1.807, 2.05) is 55.5 Å². The molecule has 0 spiro atoms. The van der Waals surface area contributed by atoms with Gasteiger partial charge in [0, 0.05) is 11.3 Å². The third-order valence-corrected chi connectivity index (χ3v) is 6.88. The van der Waals surface area contributed by atoms with Crippen LogP contribution in [0.2, 0.25) is 0 Å². The van der Waals surface area contributed by atoms with Gasteiger partial charge >= 0.3 is 0 Å². The Balaban J connectivity index is 1.56. The smallest absolute Gasteiger partial charge is 0.255 e. The normalized spacial score (nSPS) is 16.2. The van der Waals surface area contributed by atoms with Gasteiger partial charge in [-0.3, -0.25) is 14.5 Å². The first kappa shape index (κ1) is 23.1. The van der Waals surface area contributed by atoms with Crippen molar-refractivity contribution in [2.45, 2.75) is 38.5 Å². The Labute approximate surface area is 198 Å². The number of carbonyl (C=O) groups is 2. The van der Waals surface area contributed by atoms with Gasteiger partial charge in [0.15, 0.2) is 0 Å². The summed E-state index contributed by atoms with van der Waals surface area (Å²) < 4.78 is 14.6. The van der Waals surface area contributed by atoms with Gasteiger partial charge in [0.1, 0.15) is 11.2 Å². The minimum atomic E-state index is -0.426. The Morgan fingerprint density at radius 1 is 1.06 bits per heavy atom. The molecule has 0 aliphatic carbocycles. The standard InChI is InChI=1S/C27H27FN2O2S/c1-17-8-13-22(28)23(14-17)30-24(31)16-33-26(30)19-6-5-7-21(15-19)29-25(32)18-9-11-20(12-10-18)27(2,3)4/h5-15,26H,16H2,1-4H3,(H,29,32)/t26-/m1/s1. The van der Waals surface area contributed by atoms with Gasteiger partial charge < -0.3 is 5.32 Å². The highest BCUT2D eigenvalue weighted by Crippen LogP contribution is 2.43. The molecule has 0 unspecified atom stereocenters. The predicted octanol–water partition coefficient (Wildman–Crippen LogP) is 6.46. The number of nitrogens with one attached hydrogen (secondary N) is 1. The second kappa shape index (κ2) is 9.02. The number of nitrogens with zero attached hydrogens (tertiary/aromatic N) is 1. The van der Waals surface area contributed by atoms with Crippen LogP contribution in [0.1, 0.15) is 53.2 Å². The van der Waals surface area contributed by atoms with Crippen molar-refractivity contribution in [2.24, 2.45) is 0 Å². The van der Waals surface area contributed by atoms with E-state index in [9.17, 15) is 14.0 Å². The number of benzene rings is 3. The number of anilines is 2. The Morgan fingerprint density at radius 2 is 1.79 bits per heavy atom. The van der Waals surface area contributed by atoms with Crippen molar-refractivity contribution in [3.8, 4) is 0 Å². The third-order valence-electron chi connectivity index (χ3n) is 5.67. The molecule has 1 saturated heterocycles. The Morgan fingerprint density at radius 3 is 2.48 bits per heavy atom. The zero-order valence-electron chi connectivity index (χ0n) is 19.2. The maximum Gasteiger partial charge on any atom is 0.255 e. The van der Waals surface area contributed by atoms with Crippen LogP contribution in [0, 0.1) is 12.7 Å². The molecule has 4 rings (SSSR count). The van der Waals surface area contributed by atoms with E-state index >= 15 is 0 Å². The van der Waals surface area contributed by atoms with Gasteiger partial charge in [-0.2, -0.15) is 0 Å². The van der Waals surface area contributed by atoms with Crippen LogP contribution in [0.4, 0.5) is 15.8 Å². The molecule has 4 nitrogen and oxygen atoms in total. The molecule has 2 amide bonds. The van der Waals surface area contributed by atoms with Gasteiger partial charge in [-0.15, -0.1) is 11.8 Å². The fourth-order valence-corrected chi connectivity index (χ4v) is 4.99. The second-order valence-electron chi connectivity index (χ2n) is 9.29. The lowest BCUT2D eigenvalue weighted by Gasteiger charge is -2.25. The van der Waals surface area contributed by atoms with E-state index in [0.717, 1.165) is 16.7 Å². The maximum absolute atomic E-state index is 14.6. The van der Waals surface area contributed by atoms with Crippen molar-refractivity contribution >= 4 is 35.0 Å². The van der Waals surface area contributed by atoms with E-state index in [4.69, 9.17) is 0 Å². The number of hydrogen-bond acceptors (Lipinski definition) is 3. The molecule has 0 aromatic heterocycles. The molecule has 1 N–H and O–H groups in total. The number of hydrogen-bond donors (Lipinski definition) is 1. The maximum atomic E-state index is 14.6. The number of rotatable bonds is 4. The molecule has 6 heteroatoms. The van der Waals surface area contributed by atoms with Crippen LogP contribution in [0.25, 0.3) is 0 Å². The Kier molecular flexibility index (Phi) is 6.30. The number of halogens is 1. The molecule has 0 saturated carbocycles. The molecular formula is C27H27FN2O2S. The molecule has 33 heavy (non-hydrogen) atoms. The topological polar surface area (TPSA) is 49.4 Å². The molecule has 170 valence electrons. The summed E-state index contributed by atoms with van der Waals surface area (Å²) in [5.74, 6) is -0.494. The van der Waals surface area contributed by atoms with E-state index in [-0.39, 0.29) is 34.0 Å². The van der Waals surface area contributed by atoms with Crippen molar-refractivity contribution in [1.29, 1.82) is 0 Å². The van der Waals surface area contributed by atoms with Crippen LogP contribution < -0.4 is 10.2 Å². The Bertz CT molecular complexity index is 1200. The highest BCUT2D eigenvalue weighted by Gasteiger charge is 2.35. The summed E-state index contributed by atoms with van der Waals surface area (Å²) in [6, 6.07) is 19.8. The largest absolute Gasteiger partial charge is 0.322 e. The summed E-state index contributed by atoms with van der Waals surface area (Å²) >= 11 is 1.45. The van der Waals surface area contributed by atoms with E-state index < -0.39 is 5.82 Å². The summed E-state index contributed by atoms with van der Waals surface area (Å²) in [6.45, 7) is 8.26. The van der Waals surface area contributed by atoms with Gasteiger partial charge in [0.25, 0.3) is 5.91 Å². The second-order valence-corrected chi connectivity index (χ2v) is 10.4. The lowest BCUT2D eigenvalue weighted by Crippen LogP contribution is -2.28. The first-order valence-electron chi connectivity index (χ1n) is 10.9. The van der Waals surface area contributed by atoms with Crippen molar-refractivity contribution in [1.82, 2.24) is 0 Å². The van der Waals surface area contributed by atoms with Gasteiger partial charge in [-0.05, 0) is 65.4 Å². The third kappa shape index (κ3) is 4.96. The molecule has 3 aromatic rings. The minimum Gasteiger partial charge on any atom is -0.322 e. The molecular weight excluding hydrogens is 435 g/mol. The molecule has 1 aliphatic rings. The molecule has 0 radical (unpaired) electrons. The van der Waals surface area contributed by atoms with E-state index in [1.165, 1.54) is 22.7 Å². The van der Waals surface area contributed by atoms with Gasteiger partial charge in [-0.1, -0.05) is 51.1 Å². The van der Waals surface area contributed by atoms with E-state index in [0.29, 0.717) is 11.3 Å². The quantitative estimate of drug-likeness (QED) is 0.484. The molecule has 1 atom stereocenters. The zero-order valence-corrected chi connectivity index (χ0v) is 20.0. The van der Waals surface area contributed by atoms with E-state index in [1.54, 1.807) is 12.1 Å². The van der Waals surface area contributed by atoms with Crippen LogP contribution in [-0.4, -0.2) is 17.6 Å². The van der Waals surface area contributed by atoms with Crippen LogP contribution in [0.3, 0.4) is 0 Å². The first-order chi connectivity index (χ1) is 15.6. The van der Waals surface area contributed by atoms with Gasteiger partial charge in [0.2, 0.25) is 5.91 Å². The average Bonchev–Trinajstić information content (AvgIpc) is 3.16. The van der Waals surface area contributed by atoms with Crippen molar-refractivity contribution in [2.75, 3.05) is 16.0 Å². The highest BCUT2D eigenvalue weighted by molar-refractivity contribution is 8.00. The summed E-state index contributed by atoms with van der Waals surface area (Å²) in [7, 11) is 0.